The molecular weight excluding hydrogens is 410 g/mol. The van der Waals surface area contributed by atoms with Gasteiger partial charge in [-0.15, -0.1) is 0 Å². The predicted octanol–water partition coefficient (Wildman–Crippen LogP) is 3.78. The minimum atomic E-state index is -0.437. The second-order valence-corrected chi connectivity index (χ2v) is 6.79. The number of para-hydroxylation sites is 1. The van der Waals surface area contributed by atoms with Crippen LogP contribution in [0.2, 0.25) is 0 Å². The van der Waals surface area contributed by atoms with E-state index in [9.17, 15) is 9.59 Å². The first kappa shape index (κ1) is 18.8. The van der Waals surface area contributed by atoms with Crippen LogP contribution in [-0.4, -0.2) is 28.6 Å². The topological polar surface area (TPSA) is 76.5 Å². The van der Waals surface area contributed by atoms with Gasteiger partial charge in [0.05, 0.1) is 41.9 Å². The maximum absolute atomic E-state index is 13.0. The number of halogens is 1. The quantitative estimate of drug-likeness (QED) is 0.497. The van der Waals surface area contributed by atoms with Crippen molar-refractivity contribution in [3.8, 4) is 5.69 Å². The summed E-state index contributed by atoms with van der Waals surface area (Å²) >= 11 is 3.41. The zero-order valence-electron chi connectivity index (χ0n) is 14.9. The molecule has 0 radical (unpaired) electrons. The third-order valence-electron chi connectivity index (χ3n) is 4.00. The molecule has 1 heterocycles. The highest BCUT2D eigenvalue weighted by molar-refractivity contribution is 9.10. The van der Waals surface area contributed by atoms with E-state index in [0.717, 1.165) is 4.47 Å². The van der Waals surface area contributed by atoms with Gasteiger partial charge in [0.1, 0.15) is 0 Å². The number of rotatable bonds is 5. The van der Waals surface area contributed by atoms with Crippen molar-refractivity contribution >= 4 is 33.3 Å². The number of nitrogens with zero attached hydrogens (tertiary/aromatic N) is 2. The number of methoxy groups -OCH3 is 1. The summed E-state index contributed by atoms with van der Waals surface area (Å²) in [4.78, 5) is 29.4. The van der Waals surface area contributed by atoms with E-state index in [4.69, 9.17) is 4.74 Å². The highest BCUT2D eigenvalue weighted by Crippen LogP contribution is 2.20. The molecule has 1 aromatic heterocycles. The maximum Gasteiger partial charge on any atom is 0.311 e. The average molecular weight is 428 g/mol. The third kappa shape index (κ3) is 4.25. The number of H-pyrrole nitrogens is 1. The lowest BCUT2D eigenvalue weighted by atomic mass is 10.1. The molecule has 0 spiro atoms. The molecule has 7 heteroatoms. The number of ether oxygens (including phenoxy) is 1. The standard InChI is InChI=1S/C20H18BrN3O3/c1-13(22-15-8-6-7-14(21)11-15)19-17(12-18(25)27-2)23-24(20(19)26)16-9-4-3-5-10-16/h3-11,23H,12H2,1-2H3. The monoisotopic (exact) mass is 427 g/mol. The normalized spacial score (nSPS) is 11.4. The van der Waals surface area contributed by atoms with Crippen LogP contribution in [0, 0.1) is 0 Å². The molecule has 138 valence electrons. The molecule has 0 aliphatic carbocycles. The Kier molecular flexibility index (Phi) is 5.71. The summed E-state index contributed by atoms with van der Waals surface area (Å²) in [5.74, 6) is -0.437. The van der Waals surface area contributed by atoms with Gasteiger partial charge in [0.25, 0.3) is 5.56 Å². The van der Waals surface area contributed by atoms with E-state index < -0.39 is 5.97 Å². The predicted molar refractivity (Wildman–Crippen MR) is 108 cm³/mol. The highest BCUT2D eigenvalue weighted by atomic mass is 79.9. The fourth-order valence-electron chi connectivity index (χ4n) is 2.75. The summed E-state index contributed by atoms with van der Waals surface area (Å²) in [6, 6.07) is 16.6. The summed E-state index contributed by atoms with van der Waals surface area (Å²) in [7, 11) is 1.32. The Balaban J connectivity index is 2.13. The summed E-state index contributed by atoms with van der Waals surface area (Å²) < 4.78 is 7.06. The largest absolute Gasteiger partial charge is 0.469 e. The second-order valence-electron chi connectivity index (χ2n) is 5.87. The molecule has 2 aromatic carbocycles. The Morgan fingerprint density at radius 2 is 1.93 bits per heavy atom. The van der Waals surface area contributed by atoms with Gasteiger partial charge in [-0.2, -0.15) is 0 Å². The van der Waals surface area contributed by atoms with E-state index in [0.29, 0.717) is 28.3 Å². The van der Waals surface area contributed by atoms with Gasteiger partial charge in [0, 0.05) is 4.47 Å². The number of benzene rings is 2. The van der Waals surface area contributed by atoms with E-state index in [1.807, 2.05) is 54.6 Å². The Morgan fingerprint density at radius 1 is 1.19 bits per heavy atom. The molecule has 0 aliphatic heterocycles. The zero-order valence-corrected chi connectivity index (χ0v) is 16.5. The van der Waals surface area contributed by atoms with Gasteiger partial charge in [-0.1, -0.05) is 40.2 Å². The van der Waals surface area contributed by atoms with Crippen LogP contribution in [0.15, 0.2) is 68.9 Å². The van der Waals surface area contributed by atoms with Gasteiger partial charge in [-0.25, -0.2) is 4.68 Å². The number of hydrogen-bond acceptors (Lipinski definition) is 4. The molecule has 3 aromatic rings. The number of aromatic nitrogens is 2. The molecule has 0 aliphatic rings. The van der Waals surface area contributed by atoms with Crippen LogP contribution in [0.5, 0.6) is 0 Å². The van der Waals surface area contributed by atoms with Gasteiger partial charge in [-0.3, -0.25) is 19.7 Å². The minimum Gasteiger partial charge on any atom is -0.469 e. The molecule has 0 saturated heterocycles. The second kappa shape index (κ2) is 8.18. The van der Waals surface area contributed by atoms with Crippen molar-refractivity contribution in [3.05, 3.63) is 80.7 Å². The number of carbonyl (C=O) groups excluding carboxylic acids is 1. The smallest absolute Gasteiger partial charge is 0.311 e. The molecule has 3 rings (SSSR count). The maximum atomic E-state index is 13.0. The van der Waals surface area contributed by atoms with Crippen molar-refractivity contribution in [1.29, 1.82) is 0 Å². The number of hydrogen-bond donors (Lipinski definition) is 1. The Bertz CT molecular complexity index is 1050. The average Bonchev–Trinajstić information content (AvgIpc) is 2.98. The van der Waals surface area contributed by atoms with Gasteiger partial charge < -0.3 is 4.74 Å². The van der Waals surface area contributed by atoms with E-state index in [2.05, 4.69) is 26.0 Å². The van der Waals surface area contributed by atoms with Crippen LogP contribution in [0.4, 0.5) is 5.69 Å². The highest BCUT2D eigenvalue weighted by Gasteiger charge is 2.20. The van der Waals surface area contributed by atoms with Crippen LogP contribution < -0.4 is 5.56 Å². The minimum absolute atomic E-state index is 0.0494. The van der Waals surface area contributed by atoms with Crippen molar-refractivity contribution < 1.29 is 9.53 Å². The molecule has 6 nitrogen and oxygen atoms in total. The summed E-state index contributed by atoms with van der Waals surface area (Å²) in [5.41, 5.74) is 2.46. The fourth-order valence-corrected chi connectivity index (χ4v) is 3.14. The van der Waals surface area contributed by atoms with Crippen molar-refractivity contribution in [1.82, 2.24) is 9.78 Å². The molecular formula is C20H18BrN3O3. The van der Waals surface area contributed by atoms with Crippen molar-refractivity contribution in [3.63, 3.8) is 0 Å². The van der Waals surface area contributed by atoms with Gasteiger partial charge >= 0.3 is 5.97 Å². The Labute approximate surface area is 164 Å². The van der Waals surface area contributed by atoms with E-state index in [1.54, 1.807) is 6.92 Å². The SMILES string of the molecule is COC(=O)Cc1[nH]n(-c2ccccc2)c(=O)c1C(C)=Nc1cccc(Br)c1. The first-order valence-electron chi connectivity index (χ1n) is 8.27. The molecule has 0 amide bonds. The molecule has 0 atom stereocenters. The van der Waals surface area contributed by atoms with Crippen LogP contribution in [-0.2, 0) is 16.0 Å². The van der Waals surface area contributed by atoms with Crippen LogP contribution in [0.3, 0.4) is 0 Å². The summed E-state index contributed by atoms with van der Waals surface area (Å²) in [6.45, 7) is 1.75. The van der Waals surface area contributed by atoms with Crippen molar-refractivity contribution in [2.75, 3.05) is 7.11 Å². The molecule has 0 bridgehead atoms. The first-order valence-corrected chi connectivity index (χ1v) is 9.06. The zero-order chi connectivity index (χ0) is 19.4. The van der Waals surface area contributed by atoms with Crippen LogP contribution in [0.1, 0.15) is 18.2 Å². The van der Waals surface area contributed by atoms with Gasteiger partial charge in [0.2, 0.25) is 0 Å². The summed E-state index contributed by atoms with van der Waals surface area (Å²) in [6.07, 6.45) is -0.0494. The molecule has 0 fully saturated rings. The summed E-state index contributed by atoms with van der Waals surface area (Å²) in [5, 5.41) is 3.02. The lowest BCUT2D eigenvalue weighted by Crippen LogP contribution is -2.20. The number of carbonyl (C=O) groups is 1. The molecule has 27 heavy (non-hydrogen) atoms. The number of aliphatic imine (C=N–C) groups is 1. The molecule has 0 unspecified atom stereocenters. The van der Waals surface area contributed by atoms with Crippen LogP contribution in [0.25, 0.3) is 5.69 Å². The van der Waals surface area contributed by atoms with Gasteiger partial charge in [0.15, 0.2) is 0 Å². The first-order chi connectivity index (χ1) is 13.0. The Hall–Kier alpha value is -2.93. The number of esters is 1. The van der Waals surface area contributed by atoms with Crippen molar-refractivity contribution in [2.45, 2.75) is 13.3 Å². The number of nitrogens with one attached hydrogen (secondary N) is 1. The molecule has 1 N–H and O–H groups in total. The van der Waals surface area contributed by atoms with E-state index in [1.165, 1.54) is 11.8 Å². The van der Waals surface area contributed by atoms with E-state index in [-0.39, 0.29) is 12.0 Å². The lowest BCUT2D eigenvalue weighted by Gasteiger charge is -2.02. The Morgan fingerprint density at radius 3 is 2.59 bits per heavy atom. The van der Waals surface area contributed by atoms with Gasteiger partial charge in [-0.05, 0) is 37.3 Å². The molecule has 0 saturated carbocycles. The fraction of sp³-hybridized carbons (Fsp3) is 0.150. The lowest BCUT2D eigenvalue weighted by molar-refractivity contribution is -0.139. The van der Waals surface area contributed by atoms with Crippen LogP contribution >= 0.6 is 15.9 Å². The van der Waals surface area contributed by atoms with Crippen molar-refractivity contribution in [2.24, 2.45) is 4.99 Å². The third-order valence-corrected chi connectivity index (χ3v) is 4.49. The van der Waals surface area contributed by atoms with E-state index >= 15 is 0 Å². The number of aromatic amines is 1.